The van der Waals surface area contributed by atoms with Crippen molar-refractivity contribution >= 4 is 16.1 Å². The van der Waals surface area contributed by atoms with E-state index in [1.54, 1.807) is 0 Å². The van der Waals surface area contributed by atoms with Crippen molar-refractivity contribution in [3.63, 3.8) is 0 Å². The normalized spacial score (nSPS) is 22.6. The number of nitrogens with one attached hydrogen (secondary N) is 3. The number of hydrogen-bond acceptors (Lipinski definition) is 5. The highest BCUT2D eigenvalue weighted by Gasteiger charge is 2.31. The quantitative estimate of drug-likeness (QED) is 0.480. The van der Waals surface area contributed by atoms with E-state index in [-0.39, 0.29) is 36.2 Å². The van der Waals surface area contributed by atoms with Crippen LogP contribution >= 0.6 is 0 Å². The summed E-state index contributed by atoms with van der Waals surface area (Å²) in [6.45, 7) is 2.39. The Labute approximate surface area is 164 Å². The highest BCUT2D eigenvalue weighted by molar-refractivity contribution is 7.89. The highest BCUT2D eigenvalue weighted by atomic mass is 32.2. The molecule has 8 nitrogen and oxygen atoms in total. The zero-order chi connectivity index (χ0) is 20.6. The van der Waals surface area contributed by atoms with Crippen molar-refractivity contribution in [2.45, 2.75) is 55.8 Å². The van der Waals surface area contributed by atoms with Gasteiger partial charge in [-0.05, 0) is 43.9 Å². The molecule has 1 aliphatic rings. The van der Waals surface area contributed by atoms with Crippen LogP contribution in [0.3, 0.4) is 0 Å². The first kappa shape index (κ1) is 22.5. The number of urea groups is 1. The molecule has 1 saturated heterocycles. The molecule has 3 atom stereocenters. The minimum Gasteiger partial charge on any atom is -0.394 e. The van der Waals surface area contributed by atoms with E-state index in [0.29, 0.717) is 25.8 Å². The second-order valence-corrected chi connectivity index (χ2v) is 8.47. The Balaban J connectivity index is 1.81. The number of hydrogen-bond donors (Lipinski definition) is 4. The topological polar surface area (TPSA) is 117 Å². The van der Waals surface area contributed by atoms with Gasteiger partial charge < -0.3 is 20.5 Å². The summed E-state index contributed by atoms with van der Waals surface area (Å²) in [4.78, 5) is 11.7. The summed E-state index contributed by atoms with van der Waals surface area (Å²) in [6, 6.07) is 4.20. The maximum atomic E-state index is 13.2. The van der Waals surface area contributed by atoms with E-state index in [4.69, 9.17) is 4.74 Å². The van der Waals surface area contributed by atoms with Gasteiger partial charge in [0, 0.05) is 13.1 Å². The number of aliphatic hydroxyl groups is 1. The summed E-state index contributed by atoms with van der Waals surface area (Å²) in [5.41, 5.74) is 0. The van der Waals surface area contributed by atoms with Gasteiger partial charge in [-0.1, -0.05) is 13.0 Å². The molecule has 158 valence electrons. The van der Waals surface area contributed by atoms with E-state index >= 15 is 0 Å². The van der Waals surface area contributed by atoms with Crippen LogP contribution in [0.1, 0.15) is 32.6 Å². The van der Waals surface area contributed by atoms with Crippen LogP contribution in [-0.2, 0) is 14.8 Å². The van der Waals surface area contributed by atoms with Gasteiger partial charge in [0.2, 0.25) is 10.0 Å². The van der Waals surface area contributed by atoms with Crippen molar-refractivity contribution < 1.29 is 27.4 Å². The lowest BCUT2D eigenvalue weighted by molar-refractivity contribution is -0.0886. The highest BCUT2D eigenvalue weighted by Crippen LogP contribution is 2.22. The lowest BCUT2D eigenvalue weighted by atomic mass is 9.97. The number of ether oxygens (including phenoxy) is 1. The first-order valence-corrected chi connectivity index (χ1v) is 10.9. The Morgan fingerprint density at radius 3 is 2.79 bits per heavy atom. The standard InChI is InChI=1S/C18H28FN3O5S/c1-2-9-20-18(24)22-16-7-6-14(27-17(16)12-23)8-10-21-28(25,26)15-5-3-4-13(19)11-15/h3-5,11,14,16-17,21,23H,2,6-10,12H2,1H3,(H2,20,22,24)/t14-,16+,17-/m0/s1. The fraction of sp³-hybridized carbons (Fsp3) is 0.611. The Morgan fingerprint density at radius 2 is 2.11 bits per heavy atom. The molecule has 2 amide bonds. The lowest BCUT2D eigenvalue weighted by Crippen LogP contribution is -2.53. The summed E-state index contributed by atoms with van der Waals surface area (Å²) in [6.07, 6.45) is 1.67. The molecule has 1 aromatic carbocycles. The number of benzene rings is 1. The van der Waals surface area contributed by atoms with Gasteiger partial charge in [-0.3, -0.25) is 0 Å². The molecule has 0 bridgehead atoms. The summed E-state index contributed by atoms with van der Waals surface area (Å²) in [5, 5.41) is 15.1. The summed E-state index contributed by atoms with van der Waals surface area (Å²) >= 11 is 0. The van der Waals surface area contributed by atoms with E-state index in [2.05, 4.69) is 15.4 Å². The fourth-order valence-electron chi connectivity index (χ4n) is 3.04. The average Bonchev–Trinajstić information content (AvgIpc) is 2.67. The SMILES string of the molecule is CCCNC(=O)N[C@@H]1CC[C@@H](CCNS(=O)(=O)c2cccc(F)c2)O[C@H]1CO. The van der Waals surface area contributed by atoms with E-state index in [0.717, 1.165) is 12.5 Å². The van der Waals surface area contributed by atoms with Crippen molar-refractivity contribution in [2.75, 3.05) is 19.7 Å². The molecule has 0 spiro atoms. The summed E-state index contributed by atoms with van der Waals surface area (Å²) in [5.74, 6) is -0.620. The van der Waals surface area contributed by atoms with Crippen LogP contribution in [0.15, 0.2) is 29.2 Å². The van der Waals surface area contributed by atoms with Gasteiger partial charge in [-0.15, -0.1) is 0 Å². The van der Waals surface area contributed by atoms with Gasteiger partial charge in [-0.2, -0.15) is 0 Å². The van der Waals surface area contributed by atoms with Crippen molar-refractivity contribution in [1.29, 1.82) is 0 Å². The van der Waals surface area contributed by atoms with E-state index in [1.807, 2.05) is 6.92 Å². The van der Waals surface area contributed by atoms with Crippen LogP contribution in [0.5, 0.6) is 0 Å². The smallest absolute Gasteiger partial charge is 0.315 e. The molecule has 28 heavy (non-hydrogen) atoms. The van der Waals surface area contributed by atoms with E-state index in [1.165, 1.54) is 18.2 Å². The van der Waals surface area contributed by atoms with Gasteiger partial charge in [0.15, 0.2) is 0 Å². The minimum absolute atomic E-state index is 0.122. The molecule has 0 aromatic heterocycles. The molecule has 10 heteroatoms. The van der Waals surface area contributed by atoms with Gasteiger partial charge in [0.05, 0.1) is 23.6 Å². The van der Waals surface area contributed by atoms with E-state index < -0.39 is 21.9 Å². The van der Waals surface area contributed by atoms with Gasteiger partial charge in [0.1, 0.15) is 11.9 Å². The van der Waals surface area contributed by atoms with Crippen molar-refractivity contribution in [1.82, 2.24) is 15.4 Å². The first-order chi connectivity index (χ1) is 13.4. The third-order valence-corrected chi connectivity index (χ3v) is 5.97. The molecule has 2 rings (SSSR count). The number of amides is 2. The molecule has 1 heterocycles. The number of rotatable bonds is 9. The van der Waals surface area contributed by atoms with Crippen LogP contribution in [0.25, 0.3) is 0 Å². The van der Waals surface area contributed by atoms with Crippen LogP contribution in [0.2, 0.25) is 0 Å². The molecule has 1 aromatic rings. The van der Waals surface area contributed by atoms with Crippen molar-refractivity contribution in [3.05, 3.63) is 30.1 Å². The van der Waals surface area contributed by atoms with Crippen LogP contribution < -0.4 is 15.4 Å². The number of aliphatic hydroxyl groups excluding tert-OH is 1. The maximum absolute atomic E-state index is 13.2. The number of carbonyl (C=O) groups excluding carboxylic acids is 1. The van der Waals surface area contributed by atoms with Crippen LogP contribution in [0, 0.1) is 5.82 Å². The van der Waals surface area contributed by atoms with E-state index in [9.17, 15) is 22.7 Å². The Morgan fingerprint density at radius 1 is 1.32 bits per heavy atom. The summed E-state index contributed by atoms with van der Waals surface area (Å²) in [7, 11) is -3.80. The molecular formula is C18H28FN3O5S. The van der Waals surface area contributed by atoms with Gasteiger partial charge in [-0.25, -0.2) is 22.3 Å². The van der Waals surface area contributed by atoms with Crippen molar-refractivity contribution in [3.8, 4) is 0 Å². The maximum Gasteiger partial charge on any atom is 0.315 e. The van der Waals surface area contributed by atoms with Crippen LogP contribution in [-0.4, -0.2) is 57.5 Å². The monoisotopic (exact) mass is 417 g/mol. The third kappa shape index (κ3) is 6.69. The molecule has 0 saturated carbocycles. The molecule has 0 unspecified atom stereocenters. The first-order valence-electron chi connectivity index (χ1n) is 9.41. The Hall–Kier alpha value is -1.75. The lowest BCUT2D eigenvalue weighted by Gasteiger charge is -2.36. The zero-order valence-corrected chi connectivity index (χ0v) is 16.7. The zero-order valence-electron chi connectivity index (χ0n) is 15.9. The number of carbonyl (C=O) groups is 1. The summed E-state index contributed by atoms with van der Waals surface area (Å²) < 4.78 is 45.8. The Kier molecular flexibility index (Phi) is 8.61. The Bertz CT molecular complexity index is 746. The molecule has 4 N–H and O–H groups in total. The number of sulfonamides is 1. The molecule has 1 fully saturated rings. The molecule has 0 radical (unpaired) electrons. The van der Waals surface area contributed by atoms with Gasteiger partial charge >= 0.3 is 6.03 Å². The molecule has 0 aliphatic carbocycles. The second kappa shape index (κ2) is 10.7. The number of halogens is 1. The predicted molar refractivity (Wildman–Crippen MR) is 102 cm³/mol. The molecular weight excluding hydrogens is 389 g/mol. The van der Waals surface area contributed by atoms with Crippen LogP contribution in [0.4, 0.5) is 9.18 Å². The average molecular weight is 418 g/mol. The van der Waals surface area contributed by atoms with Gasteiger partial charge in [0.25, 0.3) is 0 Å². The second-order valence-electron chi connectivity index (χ2n) is 6.71. The molecule has 1 aliphatic heterocycles. The third-order valence-electron chi connectivity index (χ3n) is 4.51. The predicted octanol–water partition coefficient (Wildman–Crippen LogP) is 1.11. The largest absolute Gasteiger partial charge is 0.394 e. The van der Waals surface area contributed by atoms with Crippen molar-refractivity contribution in [2.24, 2.45) is 0 Å². The fourth-order valence-corrected chi connectivity index (χ4v) is 4.12. The minimum atomic E-state index is -3.80.